The molecule has 1 aromatic carbocycles. The Morgan fingerprint density at radius 3 is 2.41 bits per heavy atom. The number of hydrogen-bond acceptors (Lipinski definition) is 6. The second kappa shape index (κ2) is 7.71. The number of Topliss-reactive ketones (excluding diaryl/α,β-unsaturated/α-hetero) is 1. The van der Waals surface area contributed by atoms with Crippen LogP contribution in [-0.2, 0) is 16.1 Å². The maximum Gasteiger partial charge on any atom is 0.296 e. The number of furan rings is 2. The summed E-state index contributed by atoms with van der Waals surface area (Å²) in [6, 6.07) is 12.5. The molecule has 1 saturated heterocycles. The van der Waals surface area contributed by atoms with E-state index in [1.54, 1.807) is 48.5 Å². The topological polar surface area (TPSA) is 93.1 Å². The van der Waals surface area contributed by atoms with E-state index >= 15 is 0 Å². The quantitative estimate of drug-likeness (QED) is 0.388. The highest BCUT2D eigenvalue weighted by atomic mass is 16.5. The van der Waals surface area contributed by atoms with Gasteiger partial charge >= 0.3 is 0 Å². The molecule has 1 aliphatic heterocycles. The number of amides is 1. The molecule has 7 heteroatoms. The van der Waals surface area contributed by atoms with Crippen LogP contribution in [0, 0.1) is 0 Å². The van der Waals surface area contributed by atoms with Crippen molar-refractivity contribution >= 4 is 17.4 Å². The van der Waals surface area contributed by atoms with Crippen molar-refractivity contribution in [2.75, 3.05) is 6.61 Å². The van der Waals surface area contributed by atoms with Gasteiger partial charge in [0.25, 0.3) is 11.7 Å². The molecule has 1 unspecified atom stereocenters. The van der Waals surface area contributed by atoms with Crippen LogP contribution in [0.15, 0.2) is 75.5 Å². The van der Waals surface area contributed by atoms with Crippen LogP contribution in [0.1, 0.15) is 30.0 Å². The Labute approximate surface area is 166 Å². The molecule has 1 N–H and O–H groups in total. The zero-order valence-corrected chi connectivity index (χ0v) is 15.7. The minimum atomic E-state index is -0.860. The van der Waals surface area contributed by atoms with Crippen LogP contribution in [0.25, 0.3) is 5.76 Å². The summed E-state index contributed by atoms with van der Waals surface area (Å²) in [7, 11) is 0. The molecule has 148 valence electrons. The van der Waals surface area contributed by atoms with Gasteiger partial charge in [-0.3, -0.25) is 9.59 Å². The van der Waals surface area contributed by atoms with Crippen molar-refractivity contribution in [3.63, 3.8) is 0 Å². The fourth-order valence-electron chi connectivity index (χ4n) is 3.39. The van der Waals surface area contributed by atoms with Crippen molar-refractivity contribution in [1.29, 1.82) is 0 Å². The normalized spacial score (nSPS) is 18.4. The number of rotatable bonds is 6. The molecule has 1 atom stereocenters. The van der Waals surface area contributed by atoms with Gasteiger partial charge in [0.05, 0.1) is 31.3 Å². The van der Waals surface area contributed by atoms with Gasteiger partial charge in [-0.25, -0.2) is 0 Å². The highest BCUT2D eigenvalue weighted by Crippen LogP contribution is 2.40. The first-order valence-electron chi connectivity index (χ1n) is 9.17. The number of benzene rings is 1. The van der Waals surface area contributed by atoms with Gasteiger partial charge in [-0.15, -0.1) is 0 Å². The third kappa shape index (κ3) is 3.42. The minimum Gasteiger partial charge on any atom is -0.507 e. The summed E-state index contributed by atoms with van der Waals surface area (Å²) >= 11 is 0. The number of aliphatic hydroxyl groups excluding tert-OH is 1. The van der Waals surface area contributed by atoms with Crippen molar-refractivity contribution in [2.24, 2.45) is 0 Å². The monoisotopic (exact) mass is 393 g/mol. The van der Waals surface area contributed by atoms with Crippen molar-refractivity contribution in [3.8, 4) is 5.75 Å². The summed E-state index contributed by atoms with van der Waals surface area (Å²) < 4.78 is 16.2. The third-order valence-corrected chi connectivity index (χ3v) is 4.70. The second-order valence-electron chi connectivity index (χ2n) is 6.48. The van der Waals surface area contributed by atoms with Gasteiger partial charge in [0.1, 0.15) is 29.1 Å². The van der Waals surface area contributed by atoms with Crippen LogP contribution < -0.4 is 4.74 Å². The molecule has 29 heavy (non-hydrogen) atoms. The van der Waals surface area contributed by atoms with E-state index < -0.39 is 17.7 Å². The predicted molar refractivity (Wildman–Crippen MR) is 103 cm³/mol. The summed E-state index contributed by atoms with van der Waals surface area (Å²) in [5.74, 6) is -0.230. The average Bonchev–Trinajstić information content (AvgIpc) is 3.47. The maximum atomic E-state index is 12.8. The van der Waals surface area contributed by atoms with Gasteiger partial charge in [0.15, 0.2) is 0 Å². The van der Waals surface area contributed by atoms with Crippen LogP contribution in [0.5, 0.6) is 5.75 Å². The third-order valence-electron chi connectivity index (χ3n) is 4.70. The molecule has 0 radical (unpaired) electrons. The highest BCUT2D eigenvalue weighted by Gasteiger charge is 2.47. The summed E-state index contributed by atoms with van der Waals surface area (Å²) in [4.78, 5) is 26.9. The van der Waals surface area contributed by atoms with E-state index in [1.807, 2.05) is 6.92 Å². The average molecular weight is 393 g/mol. The number of aliphatic hydroxyl groups is 1. The van der Waals surface area contributed by atoms with Crippen molar-refractivity contribution < 1.29 is 28.3 Å². The first kappa shape index (κ1) is 18.6. The Kier molecular flexibility index (Phi) is 4.95. The highest BCUT2D eigenvalue weighted by molar-refractivity contribution is 6.46. The van der Waals surface area contributed by atoms with E-state index in [9.17, 15) is 14.7 Å². The van der Waals surface area contributed by atoms with Crippen molar-refractivity contribution in [1.82, 2.24) is 4.90 Å². The molecule has 0 saturated carbocycles. The number of carbonyl (C=O) groups excluding carboxylic acids is 2. The first-order chi connectivity index (χ1) is 14.1. The van der Waals surface area contributed by atoms with Crippen molar-refractivity contribution in [2.45, 2.75) is 19.5 Å². The van der Waals surface area contributed by atoms with E-state index in [2.05, 4.69) is 0 Å². The predicted octanol–water partition coefficient (Wildman–Crippen LogP) is 3.89. The fourth-order valence-corrected chi connectivity index (χ4v) is 3.39. The van der Waals surface area contributed by atoms with Gasteiger partial charge in [-0.1, -0.05) is 0 Å². The number of likely N-dealkylation sites (tertiary alicyclic amines) is 1. The van der Waals surface area contributed by atoms with Gasteiger partial charge in [-0.2, -0.15) is 0 Å². The van der Waals surface area contributed by atoms with Crippen LogP contribution >= 0.6 is 0 Å². The minimum absolute atomic E-state index is 0.0272. The second-order valence-corrected chi connectivity index (χ2v) is 6.48. The molecule has 1 aliphatic rings. The molecule has 1 amide bonds. The lowest BCUT2D eigenvalue weighted by molar-refractivity contribution is -0.140. The molecule has 3 heterocycles. The molecular formula is C22H19NO6. The Balaban J connectivity index is 1.78. The lowest BCUT2D eigenvalue weighted by Gasteiger charge is -2.22. The van der Waals surface area contributed by atoms with Crippen LogP contribution in [-0.4, -0.2) is 28.3 Å². The molecule has 7 nitrogen and oxygen atoms in total. The maximum absolute atomic E-state index is 12.8. The van der Waals surface area contributed by atoms with Crippen LogP contribution in [0.3, 0.4) is 0 Å². The van der Waals surface area contributed by atoms with Crippen LogP contribution in [0.4, 0.5) is 0 Å². The smallest absolute Gasteiger partial charge is 0.296 e. The molecule has 3 aromatic rings. The number of hydrogen-bond donors (Lipinski definition) is 1. The molecule has 2 aromatic heterocycles. The molecule has 0 spiro atoms. The fraction of sp³-hybridized carbons (Fsp3) is 0.182. The number of carbonyl (C=O) groups is 2. The SMILES string of the molecule is CCOc1ccc(C(O)=C2C(=O)C(=O)N(Cc3ccco3)C2c2ccco2)cc1. The zero-order chi connectivity index (χ0) is 20.4. The zero-order valence-electron chi connectivity index (χ0n) is 15.7. The van der Waals surface area contributed by atoms with E-state index in [0.29, 0.717) is 29.4 Å². The Bertz CT molecular complexity index is 1030. The van der Waals surface area contributed by atoms with E-state index in [0.717, 1.165) is 0 Å². The number of nitrogens with zero attached hydrogens (tertiary/aromatic N) is 1. The molecule has 1 fully saturated rings. The Hall–Kier alpha value is -3.74. The summed E-state index contributed by atoms with van der Waals surface area (Å²) in [5.41, 5.74) is 0.377. The first-order valence-corrected chi connectivity index (χ1v) is 9.17. The Morgan fingerprint density at radius 1 is 1.07 bits per heavy atom. The summed E-state index contributed by atoms with van der Waals surface area (Å²) in [6.07, 6.45) is 2.95. The van der Waals surface area contributed by atoms with Crippen molar-refractivity contribution in [3.05, 3.63) is 83.7 Å². The summed E-state index contributed by atoms with van der Waals surface area (Å²) in [5, 5.41) is 10.9. The van der Waals surface area contributed by atoms with Gasteiger partial charge in [0, 0.05) is 5.56 Å². The molecule has 0 aliphatic carbocycles. The summed E-state index contributed by atoms with van der Waals surface area (Å²) in [6.45, 7) is 2.46. The van der Waals surface area contributed by atoms with E-state index in [4.69, 9.17) is 13.6 Å². The molecule has 4 rings (SSSR count). The molecular weight excluding hydrogens is 374 g/mol. The van der Waals surface area contributed by atoms with E-state index in [1.165, 1.54) is 17.4 Å². The number of ketones is 1. The van der Waals surface area contributed by atoms with Gasteiger partial charge in [0.2, 0.25) is 0 Å². The largest absolute Gasteiger partial charge is 0.507 e. The lowest BCUT2D eigenvalue weighted by Crippen LogP contribution is -2.28. The number of ether oxygens (including phenoxy) is 1. The molecule has 0 bridgehead atoms. The van der Waals surface area contributed by atoms with E-state index in [-0.39, 0.29) is 17.9 Å². The van der Waals surface area contributed by atoms with Gasteiger partial charge in [-0.05, 0) is 55.5 Å². The lowest BCUT2D eigenvalue weighted by atomic mass is 9.99. The van der Waals surface area contributed by atoms with Gasteiger partial charge < -0.3 is 23.6 Å². The van der Waals surface area contributed by atoms with Crippen LogP contribution in [0.2, 0.25) is 0 Å². The Morgan fingerprint density at radius 2 is 1.79 bits per heavy atom. The standard InChI is InChI=1S/C22H19NO6/c1-2-27-15-9-7-14(8-10-15)20(24)18-19(17-6-4-12-29-17)23(22(26)21(18)25)13-16-5-3-11-28-16/h3-12,19,24H,2,13H2,1H3.